The van der Waals surface area contributed by atoms with Gasteiger partial charge in [-0.15, -0.1) is 0 Å². The van der Waals surface area contributed by atoms with Gasteiger partial charge in [-0.2, -0.15) is 0 Å². The molecule has 0 saturated carbocycles. The summed E-state index contributed by atoms with van der Waals surface area (Å²) in [7, 11) is 0. The molecule has 0 spiro atoms. The van der Waals surface area contributed by atoms with Crippen molar-refractivity contribution < 1.29 is 26.4 Å². The van der Waals surface area contributed by atoms with E-state index in [4.69, 9.17) is 5.11 Å². The van der Waals surface area contributed by atoms with Crippen LogP contribution in [0.2, 0.25) is 0 Å². The number of carboxylic acid groups (broad SMARTS) is 1. The Morgan fingerprint density at radius 1 is 1.13 bits per heavy atom. The van der Waals surface area contributed by atoms with Crippen molar-refractivity contribution >= 4 is 5.97 Å². The zero-order valence-corrected chi connectivity index (χ0v) is 9.87. The number of unbranched alkanes of at least 4 members (excludes halogenated alkanes) is 1. The summed E-state index contributed by atoms with van der Waals surface area (Å²) in [5.41, 5.74) is 1.29. The van der Waals surface area contributed by atoms with E-state index in [-0.39, 0.29) is 30.3 Å². The number of rotatable bonds is 5. The second-order valence-corrected chi connectivity index (χ2v) is 3.09. The van der Waals surface area contributed by atoms with Gasteiger partial charge < -0.3 is 12.5 Å². The van der Waals surface area contributed by atoms with Crippen molar-refractivity contribution in [3.05, 3.63) is 43.3 Å². The monoisotopic (exact) mass is 251 g/mol. The summed E-state index contributed by atoms with van der Waals surface area (Å²) in [4.78, 5) is 10.2. The average molecular weight is 252 g/mol. The van der Waals surface area contributed by atoms with Crippen LogP contribution in [0.1, 0.15) is 24.8 Å². The Morgan fingerprint density at radius 3 is 2.27 bits per heavy atom. The van der Waals surface area contributed by atoms with Crippen LogP contribution in [0.4, 0.5) is 0 Å². The first-order valence-electron chi connectivity index (χ1n) is 4.55. The van der Waals surface area contributed by atoms with Gasteiger partial charge in [-0.05, 0) is 24.8 Å². The van der Waals surface area contributed by atoms with Gasteiger partial charge in [-0.1, -0.05) is 30.3 Å². The molecule has 0 fully saturated rings. The molecule has 1 rings (SSSR count). The number of carbonyl (C=O) groups is 1. The van der Waals surface area contributed by atoms with Crippen molar-refractivity contribution in [2.45, 2.75) is 25.7 Å². The number of aryl methyl sites for hydroxylation is 1. The van der Waals surface area contributed by atoms with Crippen molar-refractivity contribution in [2.24, 2.45) is 0 Å². The van der Waals surface area contributed by atoms with E-state index in [2.05, 4.69) is 12.1 Å². The summed E-state index contributed by atoms with van der Waals surface area (Å²) in [5, 5.41) is 8.41. The summed E-state index contributed by atoms with van der Waals surface area (Å²) in [6, 6.07) is 10.1. The molecule has 0 aromatic heterocycles. The third-order valence-electron chi connectivity index (χ3n) is 1.95. The van der Waals surface area contributed by atoms with Gasteiger partial charge in [0.1, 0.15) is 0 Å². The number of benzene rings is 1. The summed E-state index contributed by atoms with van der Waals surface area (Å²) in [5.74, 6) is -0.701. The standard InChI is InChI=1S/C11H14O2.CH3.Ni/c12-11(13)9-5-4-8-10-6-2-1-3-7-10;;/h1-3,6-7H,4-5,8-9H2,(H,12,13);1H3;/q;-1;. The predicted octanol–water partition coefficient (Wildman–Crippen LogP) is 2.93. The van der Waals surface area contributed by atoms with E-state index in [0.717, 1.165) is 19.3 Å². The van der Waals surface area contributed by atoms with Crippen LogP contribution in [0.3, 0.4) is 0 Å². The summed E-state index contributed by atoms with van der Waals surface area (Å²) in [6.45, 7) is 0. The summed E-state index contributed by atoms with van der Waals surface area (Å²) >= 11 is 0. The Hall–Kier alpha value is -0.816. The van der Waals surface area contributed by atoms with Crippen LogP contribution in [0.15, 0.2) is 30.3 Å². The molecule has 0 amide bonds. The quantitative estimate of drug-likeness (QED) is 0.497. The third-order valence-corrected chi connectivity index (χ3v) is 1.95. The topological polar surface area (TPSA) is 37.3 Å². The molecule has 15 heavy (non-hydrogen) atoms. The number of hydrogen-bond donors (Lipinski definition) is 1. The zero-order valence-electron chi connectivity index (χ0n) is 8.89. The first kappa shape index (κ1) is 16.6. The molecule has 0 bridgehead atoms. The second kappa shape index (κ2) is 9.73. The van der Waals surface area contributed by atoms with Crippen molar-refractivity contribution in [3.8, 4) is 0 Å². The molecule has 0 aliphatic carbocycles. The molecule has 0 heterocycles. The minimum atomic E-state index is -0.701. The average Bonchev–Trinajstić information content (AvgIpc) is 2.14. The minimum Gasteiger partial charge on any atom is -0.481 e. The summed E-state index contributed by atoms with van der Waals surface area (Å²) < 4.78 is 0. The van der Waals surface area contributed by atoms with Crippen LogP contribution in [-0.2, 0) is 27.7 Å². The van der Waals surface area contributed by atoms with Crippen molar-refractivity contribution in [1.82, 2.24) is 0 Å². The second-order valence-electron chi connectivity index (χ2n) is 3.09. The smallest absolute Gasteiger partial charge is 0.303 e. The molecule has 0 atom stereocenters. The first-order chi connectivity index (χ1) is 6.29. The molecular formula is C12H17NiO2-. The van der Waals surface area contributed by atoms with Crippen LogP contribution in [0.25, 0.3) is 0 Å². The van der Waals surface area contributed by atoms with Crippen molar-refractivity contribution in [3.63, 3.8) is 0 Å². The molecule has 1 aromatic rings. The molecule has 0 aliphatic rings. The van der Waals surface area contributed by atoms with Crippen LogP contribution in [0.5, 0.6) is 0 Å². The van der Waals surface area contributed by atoms with Gasteiger partial charge in [0.2, 0.25) is 0 Å². The molecule has 1 N–H and O–H groups in total. The van der Waals surface area contributed by atoms with Gasteiger partial charge in [-0.3, -0.25) is 4.79 Å². The molecule has 1 aromatic carbocycles. The van der Waals surface area contributed by atoms with Gasteiger partial charge in [-0.25, -0.2) is 0 Å². The number of carboxylic acids is 1. The van der Waals surface area contributed by atoms with E-state index in [1.54, 1.807) is 0 Å². The van der Waals surface area contributed by atoms with Crippen molar-refractivity contribution in [1.29, 1.82) is 0 Å². The maximum Gasteiger partial charge on any atom is 0.303 e. The first-order valence-corrected chi connectivity index (χ1v) is 4.55. The Balaban J connectivity index is 0. The zero-order chi connectivity index (χ0) is 9.52. The molecule has 0 unspecified atom stereocenters. The third kappa shape index (κ3) is 8.20. The van der Waals surface area contributed by atoms with Crippen LogP contribution in [0, 0.1) is 7.43 Å². The van der Waals surface area contributed by atoms with E-state index in [1.165, 1.54) is 5.56 Å². The van der Waals surface area contributed by atoms with Gasteiger partial charge in [0.05, 0.1) is 0 Å². The van der Waals surface area contributed by atoms with Gasteiger partial charge in [0.25, 0.3) is 0 Å². The molecule has 0 aliphatic heterocycles. The normalized spacial score (nSPS) is 8.53. The van der Waals surface area contributed by atoms with Gasteiger partial charge in [0, 0.05) is 22.9 Å². The van der Waals surface area contributed by atoms with Crippen LogP contribution >= 0.6 is 0 Å². The SMILES string of the molecule is O=C(O)CCCCc1ccccc1.[CH3-].[Ni]. The van der Waals surface area contributed by atoms with E-state index in [9.17, 15) is 4.79 Å². The fraction of sp³-hybridized carbons (Fsp3) is 0.333. The van der Waals surface area contributed by atoms with Crippen molar-refractivity contribution in [2.75, 3.05) is 0 Å². The Kier molecular flexibility index (Phi) is 10.8. The Morgan fingerprint density at radius 2 is 1.73 bits per heavy atom. The minimum absolute atomic E-state index is 0. The van der Waals surface area contributed by atoms with E-state index in [0.29, 0.717) is 0 Å². The Bertz CT molecular complexity index is 260. The fourth-order valence-electron chi connectivity index (χ4n) is 1.25. The maximum absolute atomic E-state index is 10.2. The molecule has 0 saturated heterocycles. The maximum atomic E-state index is 10.2. The fourth-order valence-corrected chi connectivity index (χ4v) is 1.25. The molecular weight excluding hydrogens is 235 g/mol. The van der Waals surface area contributed by atoms with E-state index in [1.807, 2.05) is 18.2 Å². The largest absolute Gasteiger partial charge is 0.481 e. The molecule has 2 nitrogen and oxygen atoms in total. The van der Waals surface area contributed by atoms with Gasteiger partial charge >= 0.3 is 5.97 Å². The molecule has 0 radical (unpaired) electrons. The summed E-state index contributed by atoms with van der Waals surface area (Å²) in [6.07, 6.45) is 2.99. The molecule has 88 valence electrons. The van der Waals surface area contributed by atoms with Crippen LogP contribution < -0.4 is 0 Å². The van der Waals surface area contributed by atoms with Crippen LogP contribution in [-0.4, -0.2) is 11.1 Å². The van der Waals surface area contributed by atoms with E-state index >= 15 is 0 Å². The van der Waals surface area contributed by atoms with Gasteiger partial charge in [0.15, 0.2) is 0 Å². The number of aliphatic carboxylic acids is 1. The van der Waals surface area contributed by atoms with E-state index < -0.39 is 5.97 Å². The number of hydrogen-bond acceptors (Lipinski definition) is 1. The predicted molar refractivity (Wildman–Crippen MR) is 58.0 cm³/mol. The Labute approximate surface area is 102 Å². The molecule has 3 heteroatoms.